The molecule has 9 heteroatoms. The molecule has 9 nitrogen and oxygen atoms in total. The van der Waals surface area contributed by atoms with Gasteiger partial charge in [0, 0.05) is 18.8 Å². The Balaban J connectivity index is 1.46. The van der Waals surface area contributed by atoms with E-state index in [4.69, 9.17) is 9.47 Å². The zero-order chi connectivity index (χ0) is 23.4. The largest absolute Gasteiger partial charge is 0.454 e. The molecule has 0 fully saturated rings. The Morgan fingerprint density at radius 3 is 2.58 bits per heavy atom. The zero-order valence-electron chi connectivity index (χ0n) is 18.2. The van der Waals surface area contributed by atoms with Crippen LogP contribution in [0.5, 0.6) is 11.5 Å². The molecule has 1 aliphatic rings. The topological polar surface area (TPSA) is 119 Å². The van der Waals surface area contributed by atoms with Crippen LogP contribution in [0.3, 0.4) is 0 Å². The van der Waals surface area contributed by atoms with Crippen molar-refractivity contribution in [3.63, 3.8) is 0 Å². The summed E-state index contributed by atoms with van der Waals surface area (Å²) in [4.78, 5) is 38.1. The molecule has 0 unspecified atom stereocenters. The molecule has 1 aromatic heterocycles. The van der Waals surface area contributed by atoms with Crippen molar-refractivity contribution < 1.29 is 24.2 Å². The van der Waals surface area contributed by atoms with Crippen LogP contribution in [0.2, 0.25) is 0 Å². The number of hydrogen-bond acceptors (Lipinski definition) is 6. The second-order valence-corrected chi connectivity index (χ2v) is 7.70. The number of aliphatic hydroxyl groups excluding tert-OH is 1. The normalized spacial score (nSPS) is 13.0. The van der Waals surface area contributed by atoms with Crippen LogP contribution in [0.4, 0.5) is 0 Å². The maximum atomic E-state index is 13.0. The number of carbonyl (C=O) groups is 2. The molecule has 4 rings (SSSR count). The van der Waals surface area contributed by atoms with Gasteiger partial charge in [-0.05, 0) is 25.0 Å². The number of hydrogen-bond donors (Lipinski definition) is 3. The molecule has 172 valence electrons. The molecular formula is C24H25N3O6. The van der Waals surface area contributed by atoms with Crippen LogP contribution in [0.25, 0.3) is 10.9 Å². The number of nitrogens with zero attached hydrogens (tertiary/aromatic N) is 1. The first-order valence-corrected chi connectivity index (χ1v) is 10.7. The van der Waals surface area contributed by atoms with E-state index in [1.54, 1.807) is 16.7 Å². The van der Waals surface area contributed by atoms with Gasteiger partial charge < -0.3 is 29.8 Å². The van der Waals surface area contributed by atoms with Gasteiger partial charge in [0.2, 0.25) is 18.1 Å². The molecule has 33 heavy (non-hydrogen) atoms. The molecule has 2 heterocycles. The van der Waals surface area contributed by atoms with Crippen molar-refractivity contribution >= 4 is 22.7 Å². The van der Waals surface area contributed by atoms with Gasteiger partial charge in [-0.15, -0.1) is 0 Å². The molecule has 3 N–H and O–H groups in total. The first kappa shape index (κ1) is 22.3. The number of rotatable bonds is 8. The van der Waals surface area contributed by atoms with Crippen LogP contribution in [-0.2, 0) is 17.8 Å². The minimum atomic E-state index is -0.652. The number of aromatic nitrogens is 1. The number of aryl methyl sites for hydroxylation is 1. The Labute approximate surface area is 189 Å². The van der Waals surface area contributed by atoms with Gasteiger partial charge in [-0.3, -0.25) is 14.4 Å². The van der Waals surface area contributed by atoms with E-state index in [0.717, 1.165) is 5.56 Å². The fourth-order valence-electron chi connectivity index (χ4n) is 3.80. The predicted molar refractivity (Wildman–Crippen MR) is 122 cm³/mol. The van der Waals surface area contributed by atoms with Crippen LogP contribution in [0, 0.1) is 0 Å². The molecule has 0 aliphatic carbocycles. The highest BCUT2D eigenvalue weighted by Gasteiger charge is 2.21. The van der Waals surface area contributed by atoms with Crippen molar-refractivity contribution in [2.45, 2.75) is 25.9 Å². The lowest BCUT2D eigenvalue weighted by molar-refractivity contribution is -0.121. The third kappa shape index (κ3) is 4.83. The maximum absolute atomic E-state index is 13.0. The number of carbonyl (C=O) groups excluding carboxylic acids is 2. The quantitative estimate of drug-likeness (QED) is 0.474. The number of benzene rings is 2. The van der Waals surface area contributed by atoms with Gasteiger partial charge in [0.1, 0.15) is 5.56 Å². The highest BCUT2D eigenvalue weighted by Crippen LogP contribution is 2.35. The molecule has 0 spiro atoms. The van der Waals surface area contributed by atoms with E-state index in [0.29, 0.717) is 35.4 Å². The third-order valence-electron chi connectivity index (χ3n) is 5.48. The van der Waals surface area contributed by atoms with Gasteiger partial charge in [-0.1, -0.05) is 30.3 Å². The Kier molecular flexibility index (Phi) is 6.60. The minimum absolute atomic E-state index is 0.0704. The van der Waals surface area contributed by atoms with Crippen molar-refractivity contribution in [2.24, 2.45) is 0 Å². The van der Waals surface area contributed by atoms with Crippen LogP contribution >= 0.6 is 0 Å². The Hall–Kier alpha value is -3.85. The van der Waals surface area contributed by atoms with Crippen molar-refractivity contribution in [3.05, 3.63) is 70.0 Å². The van der Waals surface area contributed by atoms with E-state index < -0.39 is 23.3 Å². The Morgan fingerprint density at radius 1 is 1.15 bits per heavy atom. The lowest BCUT2D eigenvalue weighted by atomic mass is 10.1. The second kappa shape index (κ2) is 9.74. The van der Waals surface area contributed by atoms with Crippen LogP contribution in [0.15, 0.2) is 53.5 Å². The second-order valence-electron chi connectivity index (χ2n) is 7.70. The summed E-state index contributed by atoms with van der Waals surface area (Å²) in [6.07, 6.45) is 1.94. The molecule has 1 aliphatic heterocycles. The van der Waals surface area contributed by atoms with Gasteiger partial charge in [0.25, 0.3) is 5.91 Å². The summed E-state index contributed by atoms with van der Waals surface area (Å²) in [5, 5.41) is 15.1. The van der Waals surface area contributed by atoms with Crippen LogP contribution in [0.1, 0.15) is 22.8 Å². The molecular weight excluding hydrogens is 426 g/mol. The van der Waals surface area contributed by atoms with Crippen molar-refractivity contribution in [2.75, 3.05) is 19.9 Å². The van der Waals surface area contributed by atoms with E-state index in [9.17, 15) is 19.5 Å². The number of pyridine rings is 1. The highest BCUT2D eigenvalue weighted by atomic mass is 16.7. The summed E-state index contributed by atoms with van der Waals surface area (Å²) in [6, 6.07) is 12.3. The number of ether oxygens (including phenoxy) is 2. The summed E-state index contributed by atoms with van der Waals surface area (Å²) < 4.78 is 12.5. The Morgan fingerprint density at radius 2 is 1.88 bits per heavy atom. The average Bonchev–Trinajstić information content (AvgIpc) is 3.29. The van der Waals surface area contributed by atoms with Crippen molar-refractivity contribution in [1.82, 2.24) is 15.2 Å². The average molecular weight is 451 g/mol. The van der Waals surface area contributed by atoms with Crippen LogP contribution < -0.4 is 25.5 Å². The van der Waals surface area contributed by atoms with E-state index in [-0.39, 0.29) is 25.5 Å². The fraction of sp³-hybridized carbons (Fsp3) is 0.292. The summed E-state index contributed by atoms with van der Waals surface area (Å²) in [6.45, 7) is 1.93. The fourth-order valence-corrected chi connectivity index (χ4v) is 3.80. The zero-order valence-corrected chi connectivity index (χ0v) is 18.2. The standard InChI is InChI=1S/C24H25N3O6/c1-2-27-12-18(23(30)17-9-20-21(10-19(17)27)33-14-32-20)24(31)25-11-22(29)26-16(13-28)8-15-6-4-3-5-7-15/h3-7,9-10,12,16,28H,2,8,11,13-14H2,1H3,(H,25,31)(H,26,29)/t16-/m0/s1. The molecule has 2 amide bonds. The first-order chi connectivity index (χ1) is 16.0. The Bertz CT molecular complexity index is 1240. The van der Waals surface area contributed by atoms with E-state index in [1.165, 1.54) is 6.20 Å². The molecule has 0 radical (unpaired) electrons. The number of nitrogens with one attached hydrogen (secondary N) is 2. The third-order valence-corrected chi connectivity index (χ3v) is 5.48. The van der Waals surface area contributed by atoms with E-state index in [2.05, 4.69) is 10.6 Å². The van der Waals surface area contributed by atoms with E-state index >= 15 is 0 Å². The summed E-state index contributed by atoms with van der Waals surface area (Å²) in [7, 11) is 0. The molecule has 0 saturated heterocycles. The summed E-state index contributed by atoms with van der Waals surface area (Å²) in [5.41, 5.74) is 1.08. The molecule has 3 aromatic rings. The SMILES string of the molecule is CCn1cc(C(=O)NCC(=O)N[C@H](CO)Cc2ccccc2)c(=O)c2cc3c(cc21)OCO3. The smallest absolute Gasteiger partial charge is 0.257 e. The lowest BCUT2D eigenvalue weighted by Gasteiger charge is -2.17. The molecule has 0 bridgehead atoms. The number of aliphatic hydroxyl groups is 1. The van der Waals surface area contributed by atoms with Gasteiger partial charge in [-0.2, -0.15) is 0 Å². The minimum Gasteiger partial charge on any atom is -0.454 e. The van der Waals surface area contributed by atoms with E-state index in [1.807, 2.05) is 37.3 Å². The summed E-state index contributed by atoms with van der Waals surface area (Å²) in [5.74, 6) is -0.113. The molecule has 2 aromatic carbocycles. The van der Waals surface area contributed by atoms with Gasteiger partial charge in [-0.25, -0.2) is 0 Å². The number of fused-ring (bicyclic) bond motifs is 2. The lowest BCUT2D eigenvalue weighted by Crippen LogP contribution is -2.45. The first-order valence-electron chi connectivity index (χ1n) is 10.7. The van der Waals surface area contributed by atoms with Gasteiger partial charge in [0.15, 0.2) is 11.5 Å². The number of amides is 2. The maximum Gasteiger partial charge on any atom is 0.257 e. The predicted octanol–water partition coefficient (Wildman–Crippen LogP) is 1.20. The van der Waals surface area contributed by atoms with Crippen molar-refractivity contribution in [3.8, 4) is 11.5 Å². The molecule has 1 atom stereocenters. The van der Waals surface area contributed by atoms with Crippen LogP contribution in [-0.4, -0.2) is 47.5 Å². The molecule has 0 saturated carbocycles. The monoisotopic (exact) mass is 451 g/mol. The summed E-state index contributed by atoms with van der Waals surface area (Å²) >= 11 is 0. The highest BCUT2D eigenvalue weighted by molar-refractivity contribution is 5.99. The van der Waals surface area contributed by atoms with Crippen molar-refractivity contribution in [1.29, 1.82) is 0 Å². The van der Waals surface area contributed by atoms with Gasteiger partial charge >= 0.3 is 0 Å². The van der Waals surface area contributed by atoms with Gasteiger partial charge in [0.05, 0.1) is 30.1 Å².